The number of carbonyl (C=O) groups excluding carboxylic acids is 2. The van der Waals surface area contributed by atoms with E-state index in [9.17, 15) is 14.4 Å². The molecule has 1 heterocycles. The van der Waals surface area contributed by atoms with Crippen molar-refractivity contribution in [3.05, 3.63) is 82.3 Å². The van der Waals surface area contributed by atoms with Gasteiger partial charge in [-0.1, -0.05) is 49.4 Å². The Morgan fingerprint density at radius 3 is 2.38 bits per heavy atom. The zero-order valence-electron chi connectivity index (χ0n) is 16.5. The van der Waals surface area contributed by atoms with Gasteiger partial charge in [0, 0.05) is 31.1 Å². The van der Waals surface area contributed by atoms with Crippen LogP contribution in [0.2, 0.25) is 0 Å². The molecular weight excluding hydrogens is 366 g/mol. The van der Waals surface area contributed by atoms with Gasteiger partial charge >= 0.3 is 0 Å². The minimum atomic E-state index is -0.301. The maximum absolute atomic E-state index is 12.4. The van der Waals surface area contributed by atoms with Crippen molar-refractivity contribution >= 4 is 22.6 Å². The summed E-state index contributed by atoms with van der Waals surface area (Å²) >= 11 is 0. The Hall–Kier alpha value is -3.41. The maximum Gasteiger partial charge on any atom is 0.258 e. The second kappa shape index (κ2) is 9.68. The lowest BCUT2D eigenvalue weighted by Crippen LogP contribution is -2.34. The molecule has 1 aromatic heterocycles. The van der Waals surface area contributed by atoms with E-state index in [1.807, 2.05) is 30.3 Å². The average Bonchev–Trinajstić information content (AvgIpc) is 2.75. The average molecular weight is 391 g/mol. The van der Waals surface area contributed by atoms with Crippen molar-refractivity contribution in [1.29, 1.82) is 0 Å². The SMILES string of the molecule is CCc1ccc(CNC(=O)CCNC(=O)Cn2ccc3ccccc3c2=O)cc1. The number of amides is 2. The summed E-state index contributed by atoms with van der Waals surface area (Å²) in [4.78, 5) is 36.5. The van der Waals surface area contributed by atoms with E-state index in [1.54, 1.807) is 18.3 Å². The maximum atomic E-state index is 12.4. The van der Waals surface area contributed by atoms with Crippen molar-refractivity contribution in [1.82, 2.24) is 15.2 Å². The molecule has 29 heavy (non-hydrogen) atoms. The molecule has 2 amide bonds. The lowest BCUT2D eigenvalue weighted by molar-refractivity contribution is -0.122. The van der Waals surface area contributed by atoms with Crippen LogP contribution in [0.15, 0.2) is 65.6 Å². The molecule has 0 aliphatic rings. The second-order valence-corrected chi connectivity index (χ2v) is 6.88. The van der Waals surface area contributed by atoms with E-state index in [0.29, 0.717) is 11.9 Å². The van der Waals surface area contributed by atoms with Crippen molar-refractivity contribution in [3.63, 3.8) is 0 Å². The molecule has 0 fully saturated rings. The molecule has 0 bridgehead atoms. The molecule has 6 nitrogen and oxygen atoms in total. The van der Waals surface area contributed by atoms with Gasteiger partial charge in [-0.05, 0) is 35.1 Å². The summed E-state index contributed by atoms with van der Waals surface area (Å²) in [7, 11) is 0. The summed E-state index contributed by atoms with van der Waals surface area (Å²) in [5, 5.41) is 6.96. The molecule has 0 radical (unpaired) electrons. The third-order valence-electron chi connectivity index (χ3n) is 4.80. The number of hydrogen-bond donors (Lipinski definition) is 2. The highest BCUT2D eigenvalue weighted by Crippen LogP contribution is 2.08. The highest BCUT2D eigenvalue weighted by atomic mass is 16.2. The van der Waals surface area contributed by atoms with E-state index >= 15 is 0 Å². The van der Waals surface area contributed by atoms with Crippen molar-refractivity contribution in [3.8, 4) is 0 Å². The number of hydrogen-bond acceptors (Lipinski definition) is 3. The first-order valence-electron chi connectivity index (χ1n) is 9.76. The van der Waals surface area contributed by atoms with Crippen molar-refractivity contribution in [2.24, 2.45) is 0 Å². The van der Waals surface area contributed by atoms with E-state index in [2.05, 4.69) is 29.7 Å². The molecule has 0 aliphatic heterocycles. The summed E-state index contributed by atoms with van der Waals surface area (Å²) in [6.45, 7) is 2.71. The number of fused-ring (bicyclic) bond motifs is 1. The number of aromatic nitrogens is 1. The first kappa shape index (κ1) is 20.3. The highest BCUT2D eigenvalue weighted by molar-refractivity contribution is 5.82. The molecule has 0 atom stereocenters. The van der Waals surface area contributed by atoms with Crippen LogP contribution < -0.4 is 16.2 Å². The topological polar surface area (TPSA) is 80.2 Å². The van der Waals surface area contributed by atoms with E-state index in [-0.39, 0.29) is 36.9 Å². The van der Waals surface area contributed by atoms with Crippen molar-refractivity contribution < 1.29 is 9.59 Å². The number of nitrogens with zero attached hydrogens (tertiary/aromatic N) is 1. The molecule has 0 unspecified atom stereocenters. The smallest absolute Gasteiger partial charge is 0.258 e. The standard InChI is InChI=1S/C23H25N3O3/c1-2-17-7-9-18(10-8-17)15-25-21(27)11-13-24-22(28)16-26-14-12-19-5-3-4-6-20(19)23(26)29/h3-10,12,14H,2,11,13,15-16H2,1H3,(H,24,28)(H,25,27). The van der Waals surface area contributed by atoms with Gasteiger partial charge in [0.25, 0.3) is 5.56 Å². The number of rotatable bonds is 8. The van der Waals surface area contributed by atoms with Gasteiger partial charge in [0.2, 0.25) is 11.8 Å². The molecule has 0 saturated heterocycles. The predicted octanol–water partition coefficient (Wildman–Crippen LogP) is 2.39. The van der Waals surface area contributed by atoms with Crippen LogP contribution in [-0.4, -0.2) is 22.9 Å². The molecule has 2 aromatic carbocycles. The van der Waals surface area contributed by atoms with Gasteiger partial charge < -0.3 is 15.2 Å². The lowest BCUT2D eigenvalue weighted by Gasteiger charge is -2.09. The monoisotopic (exact) mass is 391 g/mol. The van der Waals surface area contributed by atoms with Crippen LogP contribution >= 0.6 is 0 Å². The van der Waals surface area contributed by atoms with Crippen LogP contribution in [-0.2, 0) is 29.1 Å². The van der Waals surface area contributed by atoms with Gasteiger partial charge in [-0.15, -0.1) is 0 Å². The van der Waals surface area contributed by atoms with E-state index < -0.39 is 0 Å². The normalized spacial score (nSPS) is 10.7. The third-order valence-corrected chi connectivity index (χ3v) is 4.80. The first-order valence-corrected chi connectivity index (χ1v) is 9.76. The Morgan fingerprint density at radius 2 is 1.62 bits per heavy atom. The van der Waals surface area contributed by atoms with Crippen LogP contribution in [0.1, 0.15) is 24.5 Å². The Labute approximate surface area is 169 Å². The van der Waals surface area contributed by atoms with Gasteiger partial charge in [-0.25, -0.2) is 0 Å². The summed E-state index contributed by atoms with van der Waals surface area (Å²) in [6.07, 6.45) is 2.78. The second-order valence-electron chi connectivity index (χ2n) is 6.88. The highest BCUT2D eigenvalue weighted by Gasteiger charge is 2.08. The third kappa shape index (κ3) is 5.54. The molecule has 6 heteroatoms. The molecule has 0 spiro atoms. The molecule has 3 aromatic rings. The fourth-order valence-corrected chi connectivity index (χ4v) is 3.06. The number of pyridine rings is 1. The molecular formula is C23H25N3O3. The zero-order valence-corrected chi connectivity index (χ0v) is 16.5. The molecule has 2 N–H and O–H groups in total. The zero-order chi connectivity index (χ0) is 20.6. The Morgan fingerprint density at radius 1 is 0.897 bits per heavy atom. The minimum Gasteiger partial charge on any atom is -0.354 e. The van der Waals surface area contributed by atoms with Gasteiger partial charge in [0.15, 0.2) is 0 Å². The number of nitrogens with one attached hydrogen (secondary N) is 2. The quantitative estimate of drug-likeness (QED) is 0.619. The van der Waals surface area contributed by atoms with Crippen LogP contribution in [0.25, 0.3) is 10.8 Å². The summed E-state index contributed by atoms with van der Waals surface area (Å²) in [6, 6.07) is 17.2. The van der Waals surface area contributed by atoms with Gasteiger partial charge in [-0.2, -0.15) is 0 Å². The summed E-state index contributed by atoms with van der Waals surface area (Å²) < 4.78 is 1.37. The fraction of sp³-hybridized carbons (Fsp3) is 0.261. The summed E-state index contributed by atoms with van der Waals surface area (Å²) in [5.41, 5.74) is 2.09. The Kier molecular flexibility index (Phi) is 6.79. The van der Waals surface area contributed by atoms with Crippen molar-refractivity contribution in [2.45, 2.75) is 32.9 Å². The number of carbonyl (C=O) groups is 2. The molecule has 150 valence electrons. The van der Waals surface area contributed by atoms with Gasteiger partial charge in [0.05, 0.1) is 0 Å². The Balaban J connectivity index is 1.43. The fourth-order valence-electron chi connectivity index (χ4n) is 3.06. The summed E-state index contributed by atoms with van der Waals surface area (Å²) in [5.74, 6) is -0.432. The van der Waals surface area contributed by atoms with Crippen LogP contribution in [0.4, 0.5) is 0 Å². The number of benzene rings is 2. The molecule has 0 saturated carbocycles. The van der Waals surface area contributed by atoms with Gasteiger partial charge in [-0.3, -0.25) is 14.4 Å². The first-order chi connectivity index (χ1) is 14.1. The minimum absolute atomic E-state index is 0.0743. The van der Waals surface area contributed by atoms with E-state index in [0.717, 1.165) is 17.4 Å². The Bertz CT molecular complexity index is 1050. The van der Waals surface area contributed by atoms with Crippen LogP contribution in [0.3, 0.4) is 0 Å². The van der Waals surface area contributed by atoms with Crippen LogP contribution in [0.5, 0.6) is 0 Å². The largest absolute Gasteiger partial charge is 0.354 e. The molecule has 3 rings (SSSR count). The lowest BCUT2D eigenvalue weighted by atomic mass is 10.1. The molecule has 0 aliphatic carbocycles. The van der Waals surface area contributed by atoms with E-state index in [4.69, 9.17) is 0 Å². The number of aryl methyl sites for hydroxylation is 1. The van der Waals surface area contributed by atoms with Crippen LogP contribution in [0, 0.1) is 0 Å². The predicted molar refractivity (Wildman–Crippen MR) is 114 cm³/mol. The van der Waals surface area contributed by atoms with Crippen molar-refractivity contribution in [2.75, 3.05) is 6.54 Å². The van der Waals surface area contributed by atoms with Gasteiger partial charge in [0.1, 0.15) is 6.54 Å². The van der Waals surface area contributed by atoms with E-state index in [1.165, 1.54) is 10.1 Å².